The summed E-state index contributed by atoms with van der Waals surface area (Å²) in [5, 5.41) is 10.6. The SMILES string of the molecule is Cc1ccc2c(c1)CNC(=O)C(Cc1c[nH]c3ccccc13)N(C)C(=O)C(CCCCN)NC(=O)C(CCCN)NCc1cccc-2c1. The number of carbonyl (C=O) groups is 3. The molecule has 254 valence electrons. The number of unbranched alkanes of at least 4 members (excludes halogenated alkanes) is 1. The number of para-hydroxylation sites is 1. The van der Waals surface area contributed by atoms with Gasteiger partial charge in [-0.1, -0.05) is 60.2 Å². The predicted molar refractivity (Wildman–Crippen MR) is 191 cm³/mol. The zero-order valence-electron chi connectivity index (χ0n) is 28.1. The molecule has 0 fully saturated rings. The lowest BCUT2D eigenvalue weighted by Crippen LogP contribution is -2.57. The maximum Gasteiger partial charge on any atom is 0.245 e. The topological polar surface area (TPSA) is 158 Å². The molecule has 10 nitrogen and oxygen atoms in total. The first-order valence-corrected chi connectivity index (χ1v) is 17.0. The molecule has 3 aromatic carbocycles. The molecule has 3 amide bonds. The van der Waals surface area contributed by atoms with Gasteiger partial charge in [0, 0.05) is 43.7 Å². The van der Waals surface area contributed by atoms with Gasteiger partial charge in [0.05, 0.1) is 6.04 Å². The number of nitrogens with zero attached hydrogens (tertiary/aromatic N) is 1. The first-order chi connectivity index (χ1) is 23.3. The standard InChI is InChI=1S/C38H49N7O3/c1-25-15-16-30-27-10-7-9-26(20-27)22-41-33(14-8-18-40)36(46)44-34(13-5-6-17-39)38(48)45(2)35(37(47)43-24-28(30)19-25)21-29-23-42-32-12-4-3-11-31(29)32/h3-4,7,9-12,15-16,19-20,23,33-35,41-42H,5-6,8,13-14,17-18,21-22,24,39-40H2,1-2H3,(H,43,47)(H,44,46). The Morgan fingerprint density at radius 2 is 1.62 bits per heavy atom. The molecule has 2 bridgehead atoms. The molecule has 2 heterocycles. The number of nitrogens with one attached hydrogen (secondary N) is 4. The number of hydrogen-bond donors (Lipinski definition) is 6. The van der Waals surface area contributed by atoms with Crippen molar-refractivity contribution in [1.29, 1.82) is 0 Å². The summed E-state index contributed by atoms with van der Waals surface area (Å²) < 4.78 is 0. The van der Waals surface area contributed by atoms with Crippen LogP contribution in [0.15, 0.2) is 72.9 Å². The fourth-order valence-corrected chi connectivity index (χ4v) is 6.52. The van der Waals surface area contributed by atoms with Crippen molar-refractivity contribution in [3.8, 4) is 11.1 Å². The summed E-state index contributed by atoms with van der Waals surface area (Å²) in [6.07, 6.45) is 5.15. The van der Waals surface area contributed by atoms with Crippen LogP contribution < -0.4 is 27.4 Å². The number of nitrogens with two attached hydrogens (primary N) is 2. The number of hydrogen-bond acceptors (Lipinski definition) is 6. The molecule has 1 aromatic heterocycles. The molecule has 4 aromatic rings. The Labute approximate surface area is 283 Å². The Hall–Kier alpha value is -4.51. The summed E-state index contributed by atoms with van der Waals surface area (Å²) in [6.45, 7) is 3.73. The highest BCUT2D eigenvalue weighted by Gasteiger charge is 2.34. The monoisotopic (exact) mass is 651 g/mol. The Bertz CT molecular complexity index is 1720. The molecular formula is C38H49N7O3. The molecule has 0 spiro atoms. The van der Waals surface area contributed by atoms with Crippen molar-refractivity contribution in [3.05, 3.63) is 95.2 Å². The van der Waals surface area contributed by atoms with Crippen LogP contribution in [-0.4, -0.2) is 65.9 Å². The van der Waals surface area contributed by atoms with E-state index >= 15 is 0 Å². The molecule has 5 rings (SSSR count). The van der Waals surface area contributed by atoms with Gasteiger partial charge in [0.25, 0.3) is 0 Å². The van der Waals surface area contributed by atoms with Gasteiger partial charge in [-0.15, -0.1) is 0 Å². The molecule has 10 heteroatoms. The van der Waals surface area contributed by atoms with E-state index < -0.39 is 18.1 Å². The molecule has 0 aliphatic carbocycles. The van der Waals surface area contributed by atoms with Crippen LogP contribution in [-0.2, 0) is 33.9 Å². The van der Waals surface area contributed by atoms with Crippen molar-refractivity contribution in [2.45, 2.75) is 76.7 Å². The average molecular weight is 652 g/mol. The summed E-state index contributed by atoms with van der Waals surface area (Å²) in [7, 11) is 1.66. The number of carbonyl (C=O) groups excluding carboxylic acids is 3. The van der Waals surface area contributed by atoms with Gasteiger partial charge in [-0.3, -0.25) is 14.4 Å². The summed E-state index contributed by atoms with van der Waals surface area (Å²) in [6, 6.07) is 20.2. The lowest BCUT2D eigenvalue weighted by Gasteiger charge is -2.32. The minimum atomic E-state index is -0.830. The first kappa shape index (κ1) is 34.8. The summed E-state index contributed by atoms with van der Waals surface area (Å²) in [5.74, 6) is -0.844. The number of aryl methyl sites for hydroxylation is 1. The minimum Gasteiger partial charge on any atom is -0.361 e. The number of H-pyrrole nitrogens is 1. The van der Waals surface area contributed by atoms with Gasteiger partial charge in [-0.25, -0.2) is 0 Å². The minimum absolute atomic E-state index is 0.262. The fourth-order valence-electron chi connectivity index (χ4n) is 6.52. The van der Waals surface area contributed by atoms with E-state index in [-0.39, 0.29) is 17.7 Å². The summed E-state index contributed by atoms with van der Waals surface area (Å²) in [5.41, 5.74) is 18.7. The van der Waals surface area contributed by atoms with Crippen molar-refractivity contribution in [2.75, 3.05) is 20.1 Å². The Balaban J connectivity index is 1.56. The van der Waals surface area contributed by atoms with Crippen molar-refractivity contribution in [2.24, 2.45) is 11.5 Å². The van der Waals surface area contributed by atoms with Crippen LogP contribution in [0.2, 0.25) is 0 Å². The number of aromatic amines is 1. The molecule has 3 atom stereocenters. The van der Waals surface area contributed by atoms with E-state index in [4.69, 9.17) is 11.5 Å². The van der Waals surface area contributed by atoms with E-state index in [9.17, 15) is 14.4 Å². The van der Waals surface area contributed by atoms with E-state index in [0.29, 0.717) is 64.7 Å². The average Bonchev–Trinajstić information content (AvgIpc) is 3.51. The zero-order valence-corrected chi connectivity index (χ0v) is 28.1. The van der Waals surface area contributed by atoms with E-state index in [1.165, 1.54) is 4.90 Å². The van der Waals surface area contributed by atoms with Crippen LogP contribution >= 0.6 is 0 Å². The lowest BCUT2D eigenvalue weighted by atomic mass is 9.96. The third kappa shape index (κ3) is 8.49. The summed E-state index contributed by atoms with van der Waals surface area (Å²) >= 11 is 0. The highest BCUT2D eigenvalue weighted by molar-refractivity contribution is 5.94. The third-order valence-electron chi connectivity index (χ3n) is 9.29. The maximum absolute atomic E-state index is 14.3. The number of aromatic nitrogens is 1. The van der Waals surface area contributed by atoms with Crippen LogP contribution in [0.1, 0.15) is 54.4 Å². The first-order valence-electron chi connectivity index (χ1n) is 17.0. The maximum atomic E-state index is 14.3. The Morgan fingerprint density at radius 3 is 2.44 bits per heavy atom. The molecule has 1 aliphatic heterocycles. The van der Waals surface area contributed by atoms with E-state index in [0.717, 1.165) is 44.3 Å². The van der Waals surface area contributed by atoms with Crippen molar-refractivity contribution in [1.82, 2.24) is 25.8 Å². The van der Waals surface area contributed by atoms with Crippen LogP contribution in [0, 0.1) is 6.92 Å². The summed E-state index contributed by atoms with van der Waals surface area (Å²) in [4.78, 5) is 47.2. The predicted octanol–water partition coefficient (Wildman–Crippen LogP) is 3.65. The second-order valence-electron chi connectivity index (χ2n) is 12.8. The largest absolute Gasteiger partial charge is 0.361 e. The second-order valence-corrected chi connectivity index (χ2v) is 12.8. The smallest absolute Gasteiger partial charge is 0.245 e. The second kappa shape index (κ2) is 16.5. The van der Waals surface area contributed by atoms with Crippen LogP contribution in [0.4, 0.5) is 0 Å². The van der Waals surface area contributed by atoms with E-state index in [1.807, 2.05) is 49.5 Å². The van der Waals surface area contributed by atoms with Crippen LogP contribution in [0.3, 0.4) is 0 Å². The van der Waals surface area contributed by atoms with Gasteiger partial charge in [-0.05, 0) is 92.1 Å². The zero-order chi connectivity index (χ0) is 34.0. The number of benzene rings is 3. The lowest BCUT2D eigenvalue weighted by molar-refractivity contribution is -0.142. The van der Waals surface area contributed by atoms with Gasteiger partial charge in [0.2, 0.25) is 17.7 Å². The number of amides is 3. The van der Waals surface area contributed by atoms with E-state index in [1.54, 1.807) is 7.05 Å². The number of likely N-dealkylation sites (N-methyl/N-ethyl adjacent to an activating group) is 1. The number of rotatable bonds is 9. The highest BCUT2D eigenvalue weighted by Crippen LogP contribution is 2.27. The fraction of sp³-hybridized carbons (Fsp3) is 0.395. The molecule has 8 N–H and O–H groups in total. The molecular weight excluding hydrogens is 602 g/mol. The molecule has 0 radical (unpaired) electrons. The van der Waals surface area contributed by atoms with Crippen molar-refractivity contribution in [3.63, 3.8) is 0 Å². The van der Waals surface area contributed by atoms with Crippen LogP contribution in [0.5, 0.6) is 0 Å². The van der Waals surface area contributed by atoms with Gasteiger partial charge in [0.1, 0.15) is 12.1 Å². The Kier molecular flexibility index (Phi) is 12.0. The van der Waals surface area contributed by atoms with Crippen molar-refractivity contribution < 1.29 is 14.4 Å². The quantitative estimate of drug-likeness (QED) is 0.152. The Morgan fingerprint density at radius 1 is 0.833 bits per heavy atom. The van der Waals surface area contributed by atoms with E-state index in [2.05, 4.69) is 51.3 Å². The normalized spacial score (nSPS) is 19.5. The van der Waals surface area contributed by atoms with Gasteiger partial charge in [-0.2, -0.15) is 0 Å². The van der Waals surface area contributed by atoms with Gasteiger partial charge >= 0.3 is 0 Å². The molecule has 1 aliphatic rings. The van der Waals surface area contributed by atoms with Crippen molar-refractivity contribution >= 4 is 28.6 Å². The van der Waals surface area contributed by atoms with Gasteiger partial charge in [0.15, 0.2) is 0 Å². The molecule has 0 saturated heterocycles. The molecule has 0 saturated carbocycles. The molecule has 3 unspecified atom stereocenters. The van der Waals surface area contributed by atoms with Crippen LogP contribution in [0.25, 0.3) is 22.0 Å². The molecule has 48 heavy (non-hydrogen) atoms. The third-order valence-corrected chi connectivity index (χ3v) is 9.29. The van der Waals surface area contributed by atoms with Gasteiger partial charge < -0.3 is 37.3 Å². The number of fused-ring (bicyclic) bond motifs is 5. The highest BCUT2D eigenvalue weighted by atomic mass is 16.2.